The second kappa shape index (κ2) is 5.76. The third kappa shape index (κ3) is 2.87. The Balaban J connectivity index is 2.15. The van der Waals surface area contributed by atoms with E-state index in [2.05, 4.69) is 46.5 Å². The number of benzene rings is 1. The van der Waals surface area contributed by atoms with Gasteiger partial charge >= 0.3 is 0 Å². The molecule has 1 heterocycles. The van der Waals surface area contributed by atoms with Crippen LogP contribution in [0.2, 0.25) is 0 Å². The summed E-state index contributed by atoms with van der Waals surface area (Å²) in [6.45, 7) is 4.32. The summed E-state index contributed by atoms with van der Waals surface area (Å²) in [6.07, 6.45) is 0. The van der Waals surface area contributed by atoms with Crippen molar-refractivity contribution in [1.82, 2.24) is 0 Å². The van der Waals surface area contributed by atoms with Gasteiger partial charge in [0.1, 0.15) is 5.75 Å². The molecule has 0 amide bonds. The summed E-state index contributed by atoms with van der Waals surface area (Å²) in [6, 6.07) is 8.49. The van der Waals surface area contributed by atoms with Gasteiger partial charge in [0, 0.05) is 10.6 Å². The summed E-state index contributed by atoms with van der Waals surface area (Å²) in [7, 11) is 1.67. The van der Waals surface area contributed by atoms with Gasteiger partial charge in [0.05, 0.1) is 17.6 Å². The Labute approximate surface area is 120 Å². The largest absolute Gasteiger partial charge is 0.496 e. The summed E-state index contributed by atoms with van der Waals surface area (Å²) < 4.78 is 6.19. The third-order valence-corrected chi connectivity index (χ3v) is 4.65. The Morgan fingerprint density at radius 2 is 2.11 bits per heavy atom. The van der Waals surface area contributed by atoms with Gasteiger partial charge in [-0.05, 0) is 65.0 Å². The first-order valence-corrected chi connectivity index (χ1v) is 7.43. The average molecular weight is 326 g/mol. The number of ether oxygens (including phenoxy) is 1. The summed E-state index contributed by atoms with van der Waals surface area (Å²) >= 11 is 5.29. The van der Waals surface area contributed by atoms with E-state index in [0.717, 1.165) is 15.9 Å². The fourth-order valence-electron chi connectivity index (χ4n) is 1.90. The quantitative estimate of drug-likeness (QED) is 0.853. The predicted octanol–water partition coefficient (Wildman–Crippen LogP) is 5.00. The number of hydrogen-bond donors (Lipinski definition) is 1. The molecule has 0 bridgehead atoms. The topological polar surface area (TPSA) is 21.3 Å². The summed E-state index contributed by atoms with van der Waals surface area (Å²) in [5.41, 5.74) is 2.43. The first-order valence-electron chi connectivity index (χ1n) is 5.76. The number of halogens is 1. The maximum atomic E-state index is 5.22. The molecule has 1 aromatic heterocycles. The number of rotatable bonds is 4. The lowest BCUT2D eigenvalue weighted by Crippen LogP contribution is -2.06. The van der Waals surface area contributed by atoms with Crippen LogP contribution in [0.25, 0.3) is 0 Å². The van der Waals surface area contributed by atoms with Gasteiger partial charge in [-0.2, -0.15) is 0 Å². The van der Waals surface area contributed by atoms with Gasteiger partial charge in [-0.1, -0.05) is 0 Å². The van der Waals surface area contributed by atoms with E-state index in [1.54, 1.807) is 18.4 Å². The summed E-state index contributed by atoms with van der Waals surface area (Å²) in [5, 5.41) is 5.63. The zero-order valence-corrected chi connectivity index (χ0v) is 13.1. The minimum atomic E-state index is 0.310. The minimum Gasteiger partial charge on any atom is -0.496 e. The fraction of sp³-hybridized carbons (Fsp3) is 0.286. The van der Waals surface area contributed by atoms with Crippen LogP contribution in [0.5, 0.6) is 5.75 Å². The molecule has 0 fully saturated rings. The number of methoxy groups -OCH3 is 1. The lowest BCUT2D eigenvalue weighted by atomic mass is 10.2. The predicted molar refractivity (Wildman–Crippen MR) is 81.8 cm³/mol. The number of hydrogen-bond acceptors (Lipinski definition) is 3. The molecule has 1 N–H and O–H groups in total. The molecule has 2 nitrogen and oxygen atoms in total. The van der Waals surface area contributed by atoms with Gasteiger partial charge in [0.25, 0.3) is 0 Å². The highest BCUT2D eigenvalue weighted by Crippen LogP contribution is 2.31. The SMILES string of the molecule is COc1ccc(NC(C)c2sccc2C)cc1Br. The smallest absolute Gasteiger partial charge is 0.133 e. The molecule has 2 rings (SSSR count). The van der Waals surface area contributed by atoms with Crippen LogP contribution in [0.1, 0.15) is 23.4 Å². The maximum absolute atomic E-state index is 5.22. The Morgan fingerprint density at radius 3 is 2.67 bits per heavy atom. The molecule has 1 aromatic carbocycles. The average Bonchev–Trinajstić information content (AvgIpc) is 2.76. The lowest BCUT2D eigenvalue weighted by Gasteiger charge is -2.16. The first-order chi connectivity index (χ1) is 8.61. The molecule has 1 atom stereocenters. The van der Waals surface area contributed by atoms with Crippen molar-refractivity contribution >= 4 is 33.0 Å². The number of nitrogens with one attached hydrogen (secondary N) is 1. The highest BCUT2D eigenvalue weighted by molar-refractivity contribution is 9.10. The molecular weight excluding hydrogens is 310 g/mol. The molecule has 0 radical (unpaired) electrons. The van der Waals surface area contributed by atoms with E-state index in [9.17, 15) is 0 Å². The van der Waals surface area contributed by atoms with E-state index in [-0.39, 0.29) is 0 Å². The van der Waals surface area contributed by atoms with Gasteiger partial charge in [-0.15, -0.1) is 11.3 Å². The van der Waals surface area contributed by atoms with Crippen molar-refractivity contribution in [3.8, 4) is 5.75 Å². The van der Waals surface area contributed by atoms with Crippen LogP contribution in [0, 0.1) is 6.92 Å². The molecule has 0 saturated heterocycles. The van der Waals surface area contributed by atoms with Crippen molar-refractivity contribution in [3.05, 3.63) is 44.6 Å². The Morgan fingerprint density at radius 1 is 1.33 bits per heavy atom. The van der Waals surface area contributed by atoms with E-state index in [1.165, 1.54) is 10.4 Å². The first kappa shape index (κ1) is 13.4. The molecule has 18 heavy (non-hydrogen) atoms. The van der Waals surface area contributed by atoms with Gasteiger partial charge in [-0.3, -0.25) is 0 Å². The molecule has 0 aliphatic heterocycles. The van der Waals surface area contributed by atoms with Crippen LogP contribution in [0.3, 0.4) is 0 Å². The monoisotopic (exact) mass is 325 g/mol. The van der Waals surface area contributed by atoms with Gasteiger partial charge in [0.2, 0.25) is 0 Å². The second-order valence-electron chi connectivity index (χ2n) is 4.18. The minimum absolute atomic E-state index is 0.310. The van der Waals surface area contributed by atoms with E-state index in [1.807, 2.05) is 18.2 Å². The van der Waals surface area contributed by atoms with Crippen molar-refractivity contribution in [2.45, 2.75) is 19.9 Å². The van der Waals surface area contributed by atoms with Crippen LogP contribution < -0.4 is 10.1 Å². The van der Waals surface area contributed by atoms with Crippen molar-refractivity contribution in [2.24, 2.45) is 0 Å². The molecule has 0 aliphatic rings. The normalized spacial score (nSPS) is 12.2. The zero-order chi connectivity index (χ0) is 13.1. The third-order valence-electron chi connectivity index (χ3n) is 2.83. The summed E-state index contributed by atoms with van der Waals surface area (Å²) in [5.74, 6) is 0.848. The van der Waals surface area contributed by atoms with Gasteiger partial charge in [-0.25, -0.2) is 0 Å². The Bertz CT molecular complexity index is 538. The van der Waals surface area contributed by atoms with Crippen LogP contribution in [0.4, 0.5) is 5.69 Å². The Hall–Kier alpha value is -1.00. The van der Waals surface area contributed by atoms with Crippen molar-refractivity contribution in [2.75, 3.05) is 12.4 Å². The van der Waals surface area contributed by atoms with Gasteiger partial charge in [0.15, 0.2) is 0 Å². The highest BCUT2D eigenvalue weighted by atomic mass is 79.9. The summed E-state index contributed by atoms with van der Waals surface area (Å²) in [4.78, 5) is 1.38. The Kier molecular flexibility index (Phi) is 4.30. The van der Waals surface area contributed by atoms with Crippen LogP contribution in [0.15, 0.2) is 34.1 Å². The molecule has 1 unspecified atom stereocenters. The van der Waals surface area contributed by atoms with Crippen molar-refractivity contribution < 1.29 is 4.74 Å². The van der Waals surface area contributed by atoms with E-state index in [0.29, 0.717) is 6.04 Å². The molecular formula is C14H16BrNOS. The second-order valence-corrected chi connectivity index (χ2v) is 5.99. The number of thiophene rings is 1. The number of anilines is 1. The fourth-order valence-corrected chi connectivity index (χ4v) is 3.38. The van der Waals surface area contributed by atoms with E-state index in [4.69, 9.17) is 4.74 Å². The molecule has 2 aromatic rings. The highest BCUT2D eigenvalue weighted by Gasteiger charge is 2.10. The van der Waals surface area contributed by atoms with Crippen LogP contribution in [-0.2, 0) is 0 Å². The van der Waals surface area contributed by atoms with Gasteiger partial charge < -0.3 is 10.1 Å². The van der Waals surface area contributed by atoms with Crippen LogP contribution in [-0.4, -0.2) is 7.11 Å². The van der Waals surface area contributed by atoms with Crippen molar-refractivity contribution in [1.29, 1.82) is 0 Å². The van der Waals surface area contributed by atoms with E-state index >= 15 is 0 Å². The number of aryl methyl sites for hydroxylation is 1. The van der Waals surface area contributed by atoms with Crippen molar-refractivity contribution in [3.63, 3.8) is 0 Å². The molecule has 4 heteroatoms. The van der Waals surface area contributed by atoms with Crippen LogP contribution >= 0.6 is 27.3 Å². The lowest BCUT2D eigenvalue weighted by molar-refractivity contribution is 0.412. The molecule has 0 saturated carbocycles. The standard InChI is InChI=1S/C14H16BrNOS/c1-9-6-7-18-14(9)10(2)16-11-4-5-13(17-3)12(15)8-11/h4-8,10,16H,1-3H3. The molecule has 0 aliphatic carbocycles. The zero-order valence-electron chi connectivity index (χ0n) is 10.7. The van der Waals surface area contributed by atoms with E-state index < -0.39 is 0 Å². The molecule has 96 valence electrons. The maximum Gasteiger partial charge on any atom is 0.133 e. The molecule has 0 spiro atoms.